The van der Waals surface area contributed by atoms with Gasteiger partial charge in [-0.25, -0.2) is 0 Å². The maximum atomic E-state index is 12.2. The summed E-state index contributed by atoms with van der Waals surface area (Å²) < 4.78 is 0. The summed E-state index contributed by atoms with van der Waals surface area (Å²) in [5, 5.41) is 1.02. The first-order chi connectivity index (χ1) is 9.24. The van der Waals surface area contributed by atoms with Crippen molar-refractivity contribution in [2.24, 2.45) is 0 Å². The summed E-state index contributed by atoms with van der Waals surface area (Å²) >= 11 is 0. The Morgan fingerprint density at radius 2 is 1.95 bits per heavy atom. The number of carbonyl (C=O) groups excluding carboxylic acids is 1. The molecule has 19 heavy (non-hydrogen) atoms. The SMILES string of the molecule is CCN(CC)CCC(=O)c1cnc2ccccc2c1. The van der Waals surface area contributed by atoms with Crippen LogP contribution in [0.1, 0.15) is 30.6 Å². The molecule has 0 spiro atoms. The highest BCUT2D eigenvalue weighted by atomic mass is 16.1. The molecule has 0 aliphatic carbocycles. The van der Waals surface area contributed by atoms with Gasteiger partial charge in [0.05, 0.1) is 5.52 Å². The Kier molecular flexibility index (Phi) is 4.63. The summed E-state index contributed by atoms with van der Waals surface area (Å²) in [6.45, 7) is 7.02. The van der Waals surface area contributed by atoms with Crippen LogP contribution in [0.4, 0.5) is 0 Å². The molecule has 0 saturated heterocycles. The molecule has 1 aromatic carbocycles. The fourth-order valence-corrected chi connectivity index (χ4v) is 2.17. The first kappa shape index (κ1) is 13.7. The molecule has 1 heterocycles. The van der Waals surface area contributed by atoms with Crippen LogP contribution in [0.15, 0.2) is 36.5 Å². The number of Topliss-reactive ketones (excluding diaryl/α,β-unsaturated/α-hetero) is 1. The average molecular weight is 256 g/mol. The highest BCUT2D eigenvalue weighted by molar-refractivity contribution is 5.98. The minimum absolute atomic E-state index is 0.171. The van der Waals surface area contributed by atoms with Gasteiger partial charge in [-0.1, -0.05) is 32.0 Å². The maximum Gasteiger partial charge on any atom is 0.165 e. The predicted octanol–water partition coefficient (Wildman–Crippen LogP) is 3.15. The maximum absolute atomic E-state index is 12.2. The number of hydrogen-bond acceptors (Lipinski definition) is 3. The Bertz CT molecular complexity index is 561. The van der Waals surface area contributed by atoms with Gasteiger partial charge in [0.15, 0.2) is 5.78 Å². The zero-order valence-electron chi connectivity index (χ0n) is 11.6. The second-order valence-electron chi connectivity index (χ2n) is 4.62. The van der Waals surface area contributed by atoms with E-state index in [2.05, 4.69) is 23.7 Å². The number of benzene rings is 1. The zero-order chi connectivity index (χ0) is 13.7. The lowest BCUT2D eigenvalue weighted by Gasteiger charge is -2.17. The third kappa shape index (κ3) is 3.38. The third-order valence-electron chi connectivity index (χ3n) is 3.46. The van der Waals surface area contributed by atoms with Gasteiger partial charge in [0.25, 0.3) is 0 Å². The van der Waals surface area contributed by atoms with E-state index in [0.717, 1.165) is 30.5 Å². The van der Waals surface area contributed by atoms with Crippen molar-refractivity contribution in [3.8, 4) is 0 Å². The van der Waals surface area contributed by atoms with Crippen molar-refractivity contribution < 1.29 is 4.79 Å². The zero-order valence-corrected chi connectivity index (χ0v) is 11.6. The number of ketones is 1. The van der Waals surface area contributed by atoms with E-state index in [1.165, 1.54) is 0 Å². The fraction of sp³-hybridized carbons (Fsp3) is 0.375. The highest BCUT2D eigenvalue weighted by Crippen LogP contribution is 2.14. The first-order valence-electron chi connectivity index (χ1n) is 6.85. The molecule has 0 aliphatic rings. The van der Waals surface area contributed by atoms with Crippen molar-refractivity contribution in [1.82, 2.24) is 9.88 Å². The van der Waals surface area contributed by atoms with Crippen LogP contribution in [0.25, 0.3) is 10.9 Å². The van der Waals surface area contributed by atoms with Crippen LogP contribution in [-0.2, 0) is 0 Å². The highest BCUT2D eigenvalue weighted by Gasteiger charge is 2.09. The molecule has 0 N–H and O–H groups in total. The van der Waals surface area contributed by atoms with Crippen molar-refractivity contribution in [2.75, 3.05) is 19.6 Å². The van der Waals surface area contributed by atoms with E-state index in [0.29, 0.717) is 12.0 Å². The minimum Gasteiger partial charge on any atom is -0.303 e. The molecule has 0 radical (unpaired) electrons. The second-order valence-corrected chi connectivity index (χ2v) is 4.62. The number of carbonyl (C=O) groups is 1. The van der Waals surface area contributed by atoms with Crippen LogP contribution in [0.2, 0.25) is 0 Å². The number of pyridine rings is 1. The molecular formula is C16H20N2O. The van der Waals surface area contributed by atoms with Crippen LogP contribution in [-0.4, -0.2) is 35.3 Å². The number of rotatable bonds is 6. The van der Waals surface area contributed by atoms with Gasteiger partial charge in [-0.3, -0.25) is 9.78 Å². The topological polar surface area (TPSA) is 33.2 Å². The van der Waals surface area contributed by atoms with Gasteiger partial charge in [-0.2, -0.15) is 0 Å². The van der Waals surface area contributed by atoms with Crippen LogP contribution in [0.3, 0.4) is 0 Å². The Labute approximate surface area is 114 Å². The smallest absolute Gasteiger partial charge is 0.165 e. The molecule has 0 unspecified atom stereocenters. The van der Waals surface area contributed by atoms with Crippen LogP contribution in [0, 0.1) is 0 Å². The summed E-state index contributed by atoms with van der Waals surface area (Å²) in [7, 11) is 0. The normalized spacial score (nSPS) is 11.1. The van der Waals surface area contributed by atoms with Gasteiger partial charge in [0, 0.05) is 30.1 Å². The number of nitrogens with zero attached hydrogens (tertiary/aromatic N) is 2. The van der Waals surface area contributed by atoms with Crippen LogP contribution < -0.4 is 0 Å². The van der Waals surface area contributed by atoms with Crippen molar-refractivity contribution in [3.05, 3.63) is 42.1 Å². The molecule has 0 fully saturated rings. The average Bonchev–Trinajstić information content (AvgIpc) is 2.47. The predicted molar refractivity (Wildman–Crippen MR) is 78.5 cm³/mol. The van der Waals surface area contributed by atoms with Gasteiger partial charge < -0.3 is 4.90 Å². The standard InChI is InChI=1S/C16H20N2O/c1-3-18(4-2)10-9-16(19)14-11-13-7-5-6-8-15(13)17-12-14/h5-8,11-12H,3-4,9-10H2,1-2H3. The van der Waals surface area contributed by atoms with Gasteiger partial charge >= 0.3 is 0 Å². The van der Waals surface area contributed by atoms with Crippen molar-refractivity contribution >= 4 is 16.7 Å². The van der Waals surface area contributed by atoms with Gasteiger partial charge in [-0.15, -0.1) is 0 Å². The monoisotopic (exact) mass is 256 g/mol. The fourth-order valence-electron chi connectivity index (χ4n) is 2.17. The first-order valence-corrected chi connectivity index (χ1v) is 6.85. The lowest BCUT2D eigenvalue weighted by Crippen LogP contribution is -2.25. The summed E-state index contributed by atoms with van der Waals surface area (Å²) in [4.78, 5) is 18.7. The van der Waals surface area contributed by atoms with Crippen LogP contribution >= 0.6 is 0 Å². The summed E-state index contributed by atoms with van der Waals surface area (Å²) in [5.41, 5.74) is 1.65. The van der Waals surface area contributed by atoms with Gasteiger partial charge in [0.2, 0.25) is 0 Å². The molecule has 0 atom stereocenters. The molecule has 3 nitrogen and oxygen atoms in total. The number of fused-ring (bicyclic) bond motifs is 1. The number of para-hydroxylation sites is 1. The van der Waals surface area contributed by atoms with E-state index in [1.807, 2.05) is 30.3 Å². The molecule has 0 aliphatic heterocycles. The largest absolute Gasteiger partial charge is 0.303 e. The molecule has 0 bridgehead atoms. The Balaban J connectivity index is 2.09. The number of hydrogen-bond donors (Lipinski definition) is 0. The van der Waals surface area contributed by atoms with E-state index in [1.54, 1.807) is 6.20 Å². The van der Waals surface area contributed by atoms with E-state index in [9.17, 15) is 4.79 Å². The second kappa shape index (κ2) is 6.43. The quantitative estimate of drug-likeness (QED) is 0.744. The molecule has 1 aromatic heterocycles. The van der Waals surface area contributed by atoms with Crippen molar-refractivity contribution in [1.29, 1.82) is 0 Å². The van der Waals surface area contributed by atoms with E-state index < -0.39 is 0 Å². The summed E-state index contributed by atoms with van der Waals surface area (Å²) in [6, 6.07) is 9.81. The third-order valence-corrected chi connectivity index (χ3v) is 3.46. The van der Waals surface area contributed by atoms with E-state index in [4.69, 9.17) is 0 Å². The molecular weight excluding hydrogens is 236 g/mol. The number of aromatic nitrogens is 1. The molecule has 100 valence electrons. The summed E-state index contributed by atoms with van der Waals surface area (Å²) in [5.74, 6) is 0.171. The van der Waals surface area contributed by atoms with Crippen molar-refractivity contribution in [2.45, 2.75) is 20.3 Å². The van der Waals surface area contributed by atoms with Crippen molar-refractivity contribution in [3.63, 3.8) is 0 Å². The summed E-state index contributed by atoms with van der Waals surface area (Å²) in [6.07, 6.45) is 2.24. The molecule has 0 saturated carbocycles. The lowest BCUT2D eigenvalue weighted by molar-refractivity contribution is 0.0966. The lowest BCUT2D eigenvalue weighted by atomic mass is 10.1. The Morgan fingerprint density at radius 1 is 1.21 bits per heavy atom. The van der Waals surface area contributed by atoms with Crippen LogP contribution in [0.5, 0.6) is 0 Å². The van der Waals surface area contributed by atoms with Gasteiger partial charge in [0.1, 0.15) is 0 Å². The van der Waals surface area contributed by atoms with Gasteiger partial charge in [-0.05, 0) is 25.2 Å². The molecule has 0 amide bonds. The Hall–Kier alpha value is -1.74. The minimum atomic E-state index is 0.171. The molecule has 2 rings (SSSR count). The van der Waals surface area contributed by atoms with E-state index >= 15 is 0 Å². The van der Waals surface area contributed by atoms with E-state index in [-0.39, 0.29) is 5.78 Å². The Morgan fingerprint density at radius 3 is 2.68 bits per heavy atom. The molecule has 3 heteroatoms. The molecule has 2 aromatic rings.